The summed E-state index contributed by atoms with van der Waals surface area (Å²) in [4.78, 5) is 11.9. The number of imidazole rings is 1. The van der Waals surface area contributed by atoms with Crippen LogP contribution in [0.3, 0.4) is 0 Å². The summed E-state index contributed by atoms with van der Waals surface area (Å²) < 4.78 is 1.92. The first-order chi connectivity index (χ1) is 5.83. The van der Waals surface area contributed by atoms with Gasteiger partial charge in [-0.1, -0.05) is 0 Å². The minimum absolute atomic E-state index is 0.773. The van der Waals surface area contributed by atoms with Crippen LogP contribution in [0.1, 0.15) is 12.6 Å². The molecule has 0 saturated carbocycles. The van der Waals surface area contributed by atoms with Crippen LogP contribution in [0.4, 0.5) is 5.82 Å². The van der Waals surface area contributed by atoms with Gasteiger partial charge in [-0.2, -0.15) is 0 Å². The zero-order chi connectivity index (χ0) is 8.97. The number of aromatic nitrogens is 2. The van der Waals surface area contributed by atoms with Crippen molar-refractivity contribution < 1.29 is 0 Å². The molecule has 0 aliphatic heterocycles. The van der Waals surface area contributed by atoms with E-state index in [1.807, 2.05) is 11.5 Å². The molecule has 0 aromatic carbocycles. The van der Waals surface area contributed by atoms with E-state index in [0.717, 1.165) is 18.1 Å². The van der Waals surface area contributed by atoms with Gasteiger partial charge in [-0.05, 0) is 13.6 Å². The molecule has 0 aliphatic rings. The number of hydrogen-bond donors (Lipinski definition) is 0. The largest absolute Gasteiger partial charge is 0.316 e. The molecule has 0 atom stereocenters. The van der Waals surface area contributed by atoms with Crippen molar-refractivity contribution in [2.75, 3.05) is 7.05 Å². The predicted molar refractivity (Wildman–Crippen MR) is 50.6 cm³/mol. The minimum Gasteiger partial charge on any atom is -0.316 e. The first kappa shape index (κ1) is 8.64. The standard InChI is InChI=1S/C8H12N4/c1-4-12-6-11-7(5-9-2)8(12)10-3/h5-6H,3-4H2,1-2H3/b9-5-. The maximum atomic E-state index is 4.13. The van der Waals surface area contributed by atoms with Crippen LogP contribution in [0.25, 0.3) is 0 Å². The van der Waals surface area contributed by atoms with E-state index in [2.05, 4.69) is 21.7 Å². The molecule has 0 fully saturated rings. The predicted octanol–water partition coefficient (Wildman–Crippen LogP) is 1.28. The molecule has 4 heteroatoms. The minimum atomic E-state index is 0.773. The van der Waals surface area contributed by atoms with E-state index in [1.165, 1.54) is 0 Å². The number of nitrogens with zero attached hydrogens (tertiary/aromatic N) is 4. The molecule has 0 radical (unpaired) electrons. The van der Waals surface area contributed by atoms with Crippen LogP contribution in [0.15, 0.2) is 16.3 Å². The number of rotatable bonds is 3. The van der Waals surface area contributed by atoms with Crippen molar-refractivity contribution in [2.45, 2.75) is 13.5 Å². The van der Waals surface area contributed by atoms with E-state index in [4.69, 9.17) is 0 Å². The summed E-state index contributed by atoms with van der Waals surface area (Å²) in [6.07, 6.45) is 3.41. The van der Waals surface area contributed by atoms with E-state index in [-0.39, 0.29) is 0 Å². The molecule has 0 saturated heterocycles. The average Bonchev–Trinajstić information content (AvgIpc) is 2.47. The quantitative estimate of drug-likeness (QED) is 0.620. The Morgan fingerprint density at radius 1 is 1.75 bits per heavy atom. The van der Waals surface area contributed by atoms with E-state index in [1.54, 1.807) is 19.6 Å². The summed E-state index contributed by atoms with van der Waals surface area (Å²) in [5.41, 5.74) is 0.773. The molecule has 0 aliphatic carbocycles. The van der Waals surface area contributed by atoms with Crippen molar-refractivity contribution in [1.29, 1.82) is 0 Å². The van der Waals surface area contributed by atoms with Gasteiger partial charge in [-0.15, -0.1) is 0 Å². The van der Waals surface area contributed by atoms with Crippen LogP contribution in [0, 0.1) is 0 Å². The third-order valence-corrected chi connectivity index (χ3v) is 1.58. The van der Waals surface area contributed by atoms with Gasteiger partial charge in [0.05, 0.1) is 12.5 Å². The second-order valence-electron chi connectivity index (χ2n) is 2.28. The summed E-state index contributed by atoms with van der Waals surface area (Å²) in [5.74, 6) is 0.781. The fraction of sp³-hybridized carbons (Fsp3) is 0.375. The van der Waals surface area contributed by atoms with Crippen LogP contribution >= 0.6 is 0 Å². The third-order valence-electron chi connectivity index (χ3n) is 1.58. The third kappa shape index (κ3) is 1.42. The molecule has 0 N–H and O–H groups in total. The first-order valence-corrected chi connectivity index (χ1v) is 3.77. The Hall–Kier alpha value is -1.45. The van der Waals surface area contributed by atoms with Crippen molar-refractivity contribution in [3.63, 3.8) is 0 Å². The van der Waals surface area contributed by atoms with Crippen molar-refractivity contribution >= 4 is 18.7 Å². The second kappa shape index (κ2) is 3.80. The molecular weight excluding hydrogens is 152 g/mol. The Bertz CT molecular complexity index is 298. The fourth-order valence-corrected chi connectivity index (χ4v) is 1.01. The Morgan fingerprint density at radius 3 is 3.00 bits per heavy atom. The lowest BCUT2D eigenvalue weighted by atomic mass is 10.4. The van der Waals surface area contributed by atoms with Crippen molar-refractivity contribution in [1.82, 2.24) is 9.55 Å². The van der Waals surface area contributed by atoms with Gasteiger partial charge in [-0.3, -0.25) is 4.99 Å². The van der Waals surface area contributed by atoms with Gasteiger partial charge in [0.15, 0.2) is 5.82 Å². The topological polar surface area (TPSA) is 42.5 Å². The first-order valence-electron chi connectivity index (χ1n) is 3.77. The van der Waals surface area contributed by atoms with E-state index >= 15 is 0 Å². The van der Waals surface area contributed by atoms with Gasteiger partial charge in [0.2, 0.25) is 0 Å². The molecule has 0 bridgehead atoms. The Labute approximate surface area is 71.7 Å². The molecular formula is C8H12N4. The highest BCUT2D eigenvalue weighted by molar-refractivity contribution is 5.83. The summed E-state index contributed by atoms with van der Waals surface area (Å²) in [6.45, 7) is 6.36. The molecule has 1 aromatic heterocycles. The molecule has 4 nitrogen and oxygen atoms in total. The molecule has 1 rings (SSSR count). The maximum Gasteiger partial charge on any atom is 0.160 e. The summed E-state index contributed by atoms with van der Waals surface area (Å²) >= 11 is 0. The van der Waals surface area contributed by atoms with Crippen LogP contribution in [0.2, 0.25) is 0 Å². The lowest BCUT2D eigenvalue weighted by Crippen LogP contribution is -1.90. The van der Waals surface area contributed by atoms with Crippen LogP contribution in [-0.4, -0.2) is 29.5 Å². The normalized spacial score (nSPS) is 10.8. The molecule has 64 valence electrons. The Balaban J connectivity index is 3.13. The highest BCUT2D eigenvalue weighted by Crippen LogP contribution is 2.14. The number of aliphatic imine (C=N–C) groups is 2. The SMILES string of the molecule is C=Nc1c(/C=N\C)ncn1CC. The van der Waals surface area contributed by atoms with Crippen molar-refractivity contribution in [2.24, 2.45) is 9.98 Å². The van der Waals surface area contributed by atoms with Gasteiger partial charge >= 0.3 is 0 Å². The van der Waals surface area contributed by atoms with Crippen LogP contribution in [-0.2, 0) is 6.54 Å². The number of hydrogen-bond acceptors (Lipinski definition) is 3. The molecule has 0 amide bonds. The van der Waals surface area contributed by atoms with Crippen molar-refractivity contribution in [3.05, 3.63) is 12.0 Å². The Morgan fingerprint density at radius 2 is 2.50 bits per heavy atom. The summed E-state index contributed by atoms with van der Waals surface area (Å²) in [6, 6.07) is 0. The summed E-state index contributed by atoms with van der Waals surface area (Å²) in [5, 5.41) is 0. The van der Waals surface area contributed by atoms with Gasteiger partial charge < -0.3 is 4.57 Å². The second-order valence-corrected chi connectivity index (χ2v) is 2.28. The molecule has 0 spiro atoms. The van der Waals surface area contributed by atoms with Gasteiger partial charge in [0.25, 0.3) is 0 Å². The van der Waals surface area contributed by atoms with Gasteiger partial charge in [-0.25, -0.2) is 9.98 Å². The average molecular weight is 164 g/mol. The fourth-order valence-electron chi connectivity index (χ4n) is 1.01. The van der Waals surface area contributed by atoms with Crippen molar-refractivity contribution in [3.8, 4) is 0 Å². The van der Waals surface area contributed by atoms with E-state index in [9.17, 15) is 0 Å². The monoisotopic (exact) mass is 164 g/mol. The molecule has 12 heavy (non-hydrogen) atoms. The summed E-state index contributed by atoms with van der Waals surface area (Å²) in [7, 11) is 1.71. The smallest absolute Gasteiger partial charge is 0.160 e. The van der Waals surface area contributed by atoms with Gasteiger partial charge in [0.1, 0.15) is 5.69 Å². The lowest BCUT2D eigenvalue weighted by molar-refractivity contribution is 0.765. The molecule has 0 unspecified atom stereocenters. The zero-order valence-electron chi connectivity index (χ0n) is 7.36. The maximum absolute atomic E-state index is 4.13. The molecule has 1 heterocycles. The molecule has 1 aromatic rings. The Kier molecular flexibility index (Phi) is 2.74. The van der Waals surface area contributed by atoms with Crippen LogP contribution in [0.5, 0.6) is 0 Å². The van der Waals surface area contributed by atoms with E-state index < -0.39 is 0 Å². The lowest BCUT2D eigenvalue weighted by Gasteiger charge is -1.97. The van der Waals surface area contributed by atoms with Crippen LogP contribution < -0.4 is 0 Å². The van der Waals surface area contributed by atoms with E-state index in [0.29, 0.717) is 0 Å². The highest BCUT2D eigenvalue weighted by atomic mass is 15.1. The van der Waals surface area contributed by atoms with Gasteiger partial charge in [0, 0.05) is 13.6 Å². The number of aryl methyl sites for hydroxylation is 1. The zero-order valence-corrected chi connectivity index (χ0v) is 7.36. The highest BCUT2D eigenvalue weighted by Gasteiger charge is 2.04.